The predicted octanol–water partition coefficient (Wildman–Crippen LogP) is 0.158. The van der Waals surface area contributed by atoms with Gasteiger partial charge in [-0.2, -0.15) is 4.98 Å². The normalized spacial score (nSPS) is 22.7. The zero-order chi connectivity index (χ0) is 13.0. The van der Waals surface area contributed by atoms with Crippen molar-refractivity contribution < 1.29 is 19.0 Å². The second kappa shape index (κ2) is 5.63. The highest BCUT2D eigenvalue weighted by Crippen LogP contribution is 2.19. The van der Waals surface area contributed by atoms with E-state index >= 15 is 0 Å². The summed E-state index contributed by atoms with van der Waals surface area (Å²) in [6.45, 7) is 2.42. The molecular formula is C11H15N3O4. The summed E-state index contributed by atoms with van der Waals surface area (Å²) in [6, 6.07) is 1.61. The van der Waals surface area contributed by atoms with Gasteiger partial charge in [-0.25, -0.2) is 9.78 Å². The third-order valence-corrected chi connectivity index (χ3v) is 2.45. The number of ether oxygens (including phenoxy) is 3. The molecule has 0 radical (unpaired) electrons. The average molecular weight is 253 g/mol. The van der Waals surface area contributed by atoms with Crippen molar-refractivity contribution in [2.24, 2.45) is 0 Å². The number of anilines is 1. The van der Waals surface area contributed by atoms with E-state index in [9.17, 15) is 4.79 Å². The van der Waals surface area contributed by atoms with Gasteiger partial charge >= 0.3 is 5.97 Å². The van der Waals surface area contributed by atoms with E-state index in [-0.39, 0.29) is 18.0 Å². The van der Waals surface area contributed by atoms with Crippen molar-refractivity contribution in [1.29, 1.82) is 0 Å². The van der Waals surface area contributed by atoms with Gasteiger partial charge in [0.1, 0.15) is 6.10 Å². The number of hydrogen-bond donors (Lipinski definition) is 1. The van der Waals surface area contributed by atoms with Crippen LogP contribution >= 0.6 is 0 Å². The van der Waals surface area contributed by atoms with Crippen molar-refractivity contribution in [2.45, 2.75) is 25.6 Å². The Morgan fingerprint density at radius 2 is 2.50 bits per heavy atom. The lowest BCUT2D eigenvalue weighted by Gasteiger charge is -2.10. The van der Waals surface area contributed by atoms with Gasteiger partial charge in [-0.3, -0.25) is 0 Å². The maximum absolute atomic E-state index is 11.4. The zero-order valence-electron chi connectivity index (χ0n) is 10.0. The lowest BCUT2D eigenvalue weighted by atomic mass is 10.2. The van der Waals surface area contributed by atoms with Gasteiger partial charge in [-0.15, -0.1) is 0 Å². The third kappa shape index (κ3) is 3.07. The second-order valence-corrected chi connectivity index (χ2v) is 3.80. The minimum absolute atomic E-state index is 0.147. The fourth-order valence-electron chi connectivity index (χ4n) is 1.67. The van der Waals surface area contributed by atoms with E-state index in [1.165, 1.54) is 6.20 Å². The molecule has 1 saturated heterocycles. The molecule has 1 aromatic heterocycles. The monoisotopic (exact) mass is 253 g/mol. The Labute approximate surface area is 104 Å². The summed E-state index contributed by atoms with van der Waals surface area (Å²) in [5.41, 5.74) is 5.44. The zero-order valence-corrected chi connectivity index (χ0v) is 10.0. The summed E-state index contributed by atoms with van der Waals surface area (Å²) in [6.07, 6.45) is 1.17. The van der Waals surface area contributed by atoms with Gasteiger partial charge in [0.25, 0.3) is 0 Å². The molecule has 7 nitrogen and oxygen atoms in total. The smallest absolute Gasteiger partial charge is 0.335 e. The predicted molar refractivity (Wildman–Crippen MR) is 61.9 cm³/mol. The Morgan fingerprint density at radius 1 is 1.67 bits per heavy atom. The molecule has 1 unspecified atom stereocenters. The first-order valence-corrected chi connectivity index (χ1v) is 5.72. The molecule has 2 heterocycles. The standard InChI is InChI=1S/C11H15N3O4/c1-2-16-10(15)8-5-7(6-17-8)18-9-3-4-13-11(12)14-9/h3-4,7-8H,2,5-6H2,1H3,(H2,12,13,14)/t7?,8-/m1/s1. The molecule has 0 bridgehead atoms. The number of nitrogens with zero attached hydrogens (tertiary/aromatic N) is 2. The number of carbonyl (C=O) groups excluding carboxylic acids is 1. The van der Waals surface area contributed by atoms with Crippen LogP contribution < -0.4 is 10.5 Å². The molecular weight excluding hydrogens is 238 g/mol. The molecule has 98 valence electrons. The van der Waals surface area contributed by atoms with Crippen LogP contribution in [0, 0.1) is 0 Å². The largest absolute Gasteiger partial charge is 0.472 e. The molecule has 2 N–H and O–H groups in total. The van der Waals surface area contributed by atoms with Crippen molar-refractivity contribution in [3.8, 4) is 5.88 Å². The first kappa shape index (κ1) is 12.6. The van der Waals surface area contributed by atoms with Gasteiger partial charge in [0.05, 0.1) is 13.2 Å². The Morgan fingerprint density at radius 3 is 3.22 bits per heavy atom. The highest BCUT2D eigenvalue weighted by Gasteiger charge is 2.33. The molecule has 0 aromatic carbocycles. The molecule has 7 heteroatoms. The first-order chi connectivity index (χ1) is 8.69. The lowest BCUT2D eigenvalue weighted by molar-refractivity contribution is -0.153. The van der Waals surface area contributed by atoms with Crippen LogP contribution in [0.1, 0.15) is 13.3 Å². The second-order valence-electron chi connectivity index (χ2n) is 3.80. The molecule has 0 spiro atoms. The number of nitrogen functional groups attached to an aromatic ring is 1. The average Bonchev–Trinajstić information content (AvgIpc) is 2.78. The maximum atomic E-state index is 11.4. The fraction of sp³-hybridized carbons (Fsp3) is 0.545. The van der Waals surface area contributed by atoms with Crippen LogP contribution in [-0.2, 0) is 14.3 Å². The molecule has 1 aliphatic rings. The quantitative estimate of drug-likeness (QED) is 0.763. The van der Waals surface area contributed by atoms with E-state index in [0.29, 0.717) is 25.5 Å². The number of hydrogen-bond acceptors (Lipinski definition) is 7. The summed E-state index contributed by atoms with van der Waals surface area (Å²) in [5, 5.41) is 0. The molecule has 2 rings (SSSR count). The number of rotatable bonds is 4. The molecule has 0 saturated carbocycles. The lowest BCUT2D eigenvalue weighted by Crippen LogP contribution is -2.23. The van der Waals surface area contributed by atoms with Crippen molar-refractivity contribution in [3.05, 3.63) is 12.3 Å². The van der Waals surface area contributed by atoms with E-state index in [1.54, 1.807) is 13.0 Å². The molecule has 0 amide bonds. The van der Waals surface area contributed by atoms with Crippen LogP contribution in [0.4, 0.5) is 5.95 Å². The van der Waals surface area contributed by atoms with Crippen LogP contribution in [0.3, 0.4) is 0 Å². The number of aromatic nitrogens is 2. The Balaban J connectivity index is 1.88. The summed E-state index contributed by atoms with van der Waals surface area (Å²) < 4.78 is 15.7. The van der Waals surface area contributed by atoms with Crippen LogP contribution in [0.25, 0.3) is 0 Å². The van der Waals surface area contributed by atoms with Crippen LogP contribution in [0.2, 0.25) is 0 Å². The van der Waals surface area contributed by atoms with E-state index in [4.69, 9.17) is 19.9 Å². The molecule has 0 aliphatic carbocycles. The number of carbonyl (C=O) groups is 1. The van der Waals surface area contributed by atoms with Crippen molar-refractivity contribution in [3.63, 3.8) is 0 Å². The van der Waals surface area contributed by atoms with E-state index in [0.717, 1.165) is 0 Å². The van der Waals surface area contributed by atoms with E-state index < -0.39 is 6.10 Å². The SMILES string of the molecule is CCOC(=O)[C@H]1CC(Oc2ccnc(N)n2)CO1. The van der Waals surface area contributed by atoms with Gasteiger partial charge in [0.15, 0.2) is 6.10 Å². The molecule has 1 fully saturated rings. The minimum Gasteiger partial charge on any atom is -0.472 e. The minimum atomic E-state index is -0.561. The summed E-state index contributed by atoms with van der Waals surface area (Å²) in [7, 11) is 0. The highest BCUT2D eigenvalue weighted by atomic mass is 16.6. The molecule has 2 atom stereocenters. The van der Waals surface area contributed by atoms with Crippen LogP contribution in [0.5, 0.6) is 5.88 Å². The van der Waals surface area contributed by atoms with Gasteiger partial charge in [0.2, 0.25) is 11.8 Å². The van der Waals surface area contributed by atoms with Gasteiger partial charge in [-0.1, -0.05) is 0 Å². The Hall–Kier alpha value is -1.89. The highest BCUT2D eigenvalue weighted by molar-refractivity contribution is 5.75. The van der Waals surface area contributed by atoms with Crippen LogP contribution in [-0.4, -0.2) is 41.4 Å². The van der Waals surface area contributed by atoms with Gasteiger partial charge in [0, 0.05) is 18.7 Å². The first-order valence-electron chi connectivity index (χ1n) is 5.72. The topological polar surface area (TPSA) is 96.6 Å². The fourth-order valence-corrected chi connectivity index (χ4v) is 1.67. The maximum Gasteiger partial charge on any atom is 0.335 e. The van der Waals surface area contributed by atoms with Gasteiger partial charge in [-0.05, 0) is 6.92 Å². The number of nitrogens with two attached hydrogens (primary N) is 1. The van der Waals surface area contributed by atoms with Crippen molar-refractivity contribution in [1.82, 2.24) is 9.97 Å². The van der Waals surface area contributed by atoms with E-state index in [2.05, 4.69) is 9.97 Å². The summed E-state index contributed by atoms with van der Waals surface area (Å²) in [4.78, 5) is 19.1. The molecule has 1 aromatic rings. The van der Waals surface area contributed by atoms with Crippen LogP contribution in [0.15, 0.2) is 12.3 Å². The molecule has 1 aliphatic heterocycles. The van der Waals surface area contributed by atoms with Crippen molar-refractivity contribution in [2.75, 3.05) is 18.9 Å². The number of esters is 1. The van der Waals surface area contributed by atoms with Gasteiger partial charge < -0.3 is 19.9 Å². The summed E-state index contributed by atoms with van der Waals surface area (Å²) in [5.74, 6) is 0.166. The van der Waals surface area contributed by atoms with Crippen molar-refractivity contribution >= 4 is 11.9 Å². The Kier molecular flexibility index (Phi) is 3.93. The Bertz CT molecular complexity index is 427. The third-order valence-electron chi connectivity index (χ3n) is 2.45. The van der Waals surface area contributed by atoms with E-state index in [1.807, 2.05) is 0 Å². The summed E-state index contributed by atoms with van der Waals surface area (Å²) >= 11 is 0. The molecule has 18 heavy (non-hydrogen) atoms.